The van der Waals surface area contributed by atoms with Crippen LogP contribution >= 0.6 is 11.6 Å². The first-order chi connectivity index (χ1) is 14.6. The zero-order valence-corrected chi connectivity index (χ0v) is 17.7. The van der Waals surface area contributed by atoms with E-state index in [1.807, 2.05) is 0 Å². The minimum Gasteiger partial charge on any atom is -0.396 e. The zero-order chi connectivity index (χ0) is 22.5. The normalized spacial score (nSPS) is 25.1. The highest BCUT2D eigenvalue weighted by Crippen LogP contribution is 2.53. The van der Waals surface area contributed by atoms with E-state index in [2.05, 4.69) is 5.32 Å². The number of amides is 1. The number of rotatable bonds is 5. The van der Waals surface area contributed by atoms with Gasteiger partial charge in [0.05, 0.1) is 15.2 Å². The lowest BCUT2D eigenvalue weighted by Crippen LogP contribution is -2.28. The number of carbonyl (C=O) groups is 1. The number of fused-ring (bicyclic) bond motifs is 2. The van der Waals surface area contributed by atoms with Crippen LogP contribution in [0.25, 0.3) is 0 Å². The predicted octanol–water partition coefficient (Wildman–Crippen LogP) is 4.19. The Bertz CT molecular complexity index is 1130. The van der Waals surface area contributed by atoms with E-state index >= 15 is 0 Å². The maximum absolute atomic E-state index is 13.4. The molecule has 2 bridgehead atoms. The number of carbonyl (C=O) groups excluding carboxylic acids is 1. The number of hydrogen-bond acceptors (Lipinski definition) is 4. The summed E-state index contributed by atoms with van der Waals surface area (Å²) in [5.74, 6) is -5.75. The predicted molar refractivity (Wildman–Crippen MR) is 108 cm³/mol. The summed E-state index contributed by atoms with van der Waals surface area (Å²) < 4.78 is 66.7. The molecule has 0 spiro atoms. The van der Waals surface area contributed by atoms with Gasteiger partial charge in [0.1, 0.15) is 0 Å². The van der Waals surface area contributed by atoms with E-state index < -0.39 is 38.4 Å². The Morgan fingerprint density at radius 1 is 1.13 bits per heavy atom. The summed E-state index contributed by atoms with van der Waals surface area (Å²) in [6.07, 6.45) is 2.09. The molecule has 2 aromatic carbocycles. The molecule has 0 aliphatic heterocycles. The topological polar surface area (TPSA) is 83.5 Å². The van der Waals surface area contributed by atoms with Crippen molar-refractivity contribution in [3.05, 3.63) is 58.4 Å². The van der Waals surface area contributed by atoms with Crippen molar-refractivity contribution in [2.75, 3.05) is 11.9 Å². The summed E-state index contributed by atoms with van der Waals surface area (Å²) >= 11 is 6.17. The Morgan fingerprint density at radius 3 is 2.42 bits per heavy atom. The highest BCUT2D eigenvalue weighted by molar-refractivity contribution is 7.92. The molecule has 0 radical (unpaired) electrons. The van der Waals surface area contributed by atoms with Crippen molar-refractivity contribution in [2.24, 2.45) is 17.8 Å². The first-order valence-electron chi connectivity index (χ1n) is 9.73. The van der Waals surface area contributed by atoms with Crippen LogP contribution in [0.2, 0.25) is 5.02 Å². The largest absolute Gasteiger partial charge is 0.396 e. The Balaban J connectivity index is 1.64. The van der Waals surface area contributed by atoms with E-state index in [9.17, 15) is 31.5 Å². The summed E-state index contributed by atoms with van der Waals surface area (Å²) in [5, 5.41) is 11.1. The summed E-state index contributed by atoms with van der Waals surface area (Å²) in [5.41, 5.74) is -0.405. The second kappa shape index (κ2) is 8.11. The molecule has 2 aliphatic carbocycles. The Kier molecular flexibility index (Phi) is 5.78. The van der Waals surface area contributed by atoms with Crippen LogP contribution < -0.4 is 5.32 Å². The molecule has 31 heavy (non-hydrogen) atoms. The van der Waals surface area contributed by atoms with Gasteiger partial charge in [-0.25, -0.2) is 21.6 Å². The third-order valence-electron chi connectivity index (χ3n) is 6.30. The molecular weight excluding hydrogens is 455 g/mol. The van der Waals surface area contributed by atoms with Crippen LogP contribution in [0.4, 0.5) is 18.9 Å². The molecule has 2 N–H and O–H groups in total. The quantitative estimate of drug-likeness (QED) is 0.638. The van der Waals surface area contributed by atoms with Gasteiger partial charge in [-0.05, 0) is 55.2 Å². The fraction of sp³-hybridized carbons (Fsp3) is 0.381. The van der Waals surface area contributed by atoms with Gasteiger partial charge in [0.2, 0.25) is 0 Å². The van der Waals surface area contributed by atoms with E-state index in [1.165, 1.54) is 12.1 Å². The minimum absolute atomic E-state index is 0.0396. The fourth-order valence-electron chi connectivity index (χ4n) is 4.94. The zero-order valence-electron chi connectivity index (χ0n) is 16.1. The van der Waals surface area contributed by atoms with Gasteiger partial charge in [0.25, 0.3) is 5.91 Å². The molecule has 0 heterocycles. The van der Waals surface area contributed by atoms with Crippen molar-refractivity contribution in [3.63, 3.8) is 0 Å². The smallest absolute Gasteiger partial charge is 0.255 e. The van der Waals surface area contributed by atoms with Crippen molar-refractivity contribution >= 4 is 33.0 Å². The van der Waals surface area contributed by atoms with Crippen molar-refractivity contribution in [1.82, 2.24) is 0 Å². The van der Waals surface area contributed by atoms with Gasteiger partial charge in [-0.2, -0.15) is 0 Å². The average Bonchev–Trinajstić information content (AvgIpc) is 3.31. The third-order valence-corrected chi connectivity index (χ3v) is 9.15. The molecular formula is C21H19ClF3NO4S. The molecule has 166 valence electrons. The fourth-order valence-corrected chi connectivity index (χ4v) is 7.87. The molecule has 3 unspecified atom stereocenters. The van der Waals surface area contributed by atoms with Crippen LogP contribution in [0.1, 0.15) is 29.6 Å². The third kappa shape index (κ3) is 3.83. The maximum Gasteiger partial charge on any atom is 0.255 e. The van der Waals surface area contributed by atoms with Gasteiger partial charge in [0, 0.05) is 30.0 Å². The monoisotopic (exact) mass is 473 g/mol. The van der Waals surface area contributed by atoms with Gasteiger partial charge in [-0.1, -0.05) is 11.6 Å². The summed E-state index contributed by atoms with van der Waals surface area (Å²) in [6.45, 7) is -0.0752. The maximum atomic E-state index is 13.4. The van der Waals surface area contributed by atoms with E-state index in [1.54, 1.807) is 0 Å². The van der Waals surface area contributed by atoms with Gasteiger partial charge in [-0.3, -0.25) is 4.79 Å². The molecule has 0 aromatic heterocycles. The van der Waals surface area contributed by atoms with E-state index in [0.717, 1.165) is 12.5 Å². The van der Waals surface area contributed by atoms with Crippen LogP contribution in [0.5, 0.6) is 0 Å². The Morgan fingerprint density at radius 2 is 1.81 bits per heavy atom. The van der Waals surface area contributed by atoms with Crippen molar-refractivity contribution in [3.8, 4) is 0 Å². The van der Waals surface area contributed by atoms with E-state index in [0.29, 0.717) is 25.0 Å². The van der Waals surface area contributed by atoms with Crippen LogP contribution in [0, 0.1) is 35.2 Å². The van der Waals surface area contributed by atoms with Crippen molar-refractivity contribution < 1.29 is 31.5 Å². The molecule has 10 heteroatoms. The number of halogens is 4. The van der Waals surface area contributed by atoms with Gasteiger partial charge in [-0.15, -0.1) is 0 Å². The Hall–Kier alpha value is -2.10. The van der Waals surface area contributed by atoms with E-state index in [4.69, 9.17) is 11.6 Å². The second-order valence-corrected chi connectivity index (χ2v) is 10.5. The van der Waals surface area contributed by atoms with Gasteiger partial charge < -0.3 is 10.4 Å². The van der Waals surface area contributed by atoms with Crippen LogP contribution in [-0.4, -0.2) is 31.3 Å². The van der Waals surface area contributed by atoms with Crippen LogP contribution in [0.3, 0.4) is 0 Å². The molecule has 2 aromatic rings. The van der Waals surface area contributed by atoms with Crippen molar-refractivity contribution in [2.45, 2.75) is 29.4 Å². The second-order valence-electron chi connectivity index (χ2n) is 8.04. The highest BCUT2D eigenvalue weighted by Gasteiger charge is 2.54. The van der Waals surface area contributed by atoms with Crippen molar-refractivity contribution in [1.29, 1.82) is 0 Å². The number of hydrogen-bond donors (Lipinski definition) is 2. The Labute approximate surface area is 182 Å². The molecule has 0 saturated heterocycles. The molecule has 4 atom stereocenters. The minimum atomic E-state index is -3.89. The lowest BCUT2D eigenvalue weighted by atomic mass is 9.90. The summed E-state index contributed by atoms with van der Waals surface area (Å²) in [7, 11) is -3.89. The number of aliphatic hydroxyl groups is 1. The molecule has 2 fully saturated rings. The molecule has 2 saturated carbocycles. The van der Waals surface area contributed by atoms with Crippen LogP contribution in [0.15, 0.2) is 35.2 Å². The number of anilines is 1. The highest BCUT2D eigenvalue weighted by atomic mass is 35.5. The number of nitrogens with one attached hydrogen (secondary N) is 1. The number of sulfone groups is 1. The van der Waals surface area contributed by atoms with Gasteiger partial charge >= 0.3 is 0 Å². The molecule has 1 amide bonds. The van der Waals surface area contributed by atoms with Crippen LogP contribution in [-0.2, 0) is 9.84 Å². The summed E-state index contributed by atoms with van der Waals surface area (Å²) in [6, 6.07) is 4.93. The SMILES string of the molecule is O=C(Nc1cc(F)c(F)c(F)c1)c1ccc(Cl)c(S(=O)(=O)[C@@H]2C3CCC2C(CO)C3)c1. The lowest BCUT2D eigenvalue weighted by Gasteiger charge is -2.20. The van der Waals surface area contributed by atoms with Gasteiger partial charge in [0.15, 0.2) is 27.3 Å². The first-order valence-corrected chi connectivity index (χ1v) is 11.7. The number of aliphatic hydroxyl groups excluding tert-OH is 1. The summed E-state index contributed by atoms with van der Waals surface area (Å²) in [4.78, 5) is 12.4. The molecule has 2 aliphatic rings. The standard InChI is InChI=1S/C21H19ClF3NO4S/c22-15-4-2-11(21(28)26-13-7-16(23)19(25)17(24)8-13)6-18(15)31(29,30)20-10-1-3-14(20)12(5-10)9-27/h2,4,6-8,10,12,14,20,27H,1,3,5,9H2,(H,26,28)/t10?,12?,14?,20-/m1/s1. The van der Waals surface area contributed by atoms with E-state index in [-0.39, 0.29) is 45.5 Å². The molecule has 5 nitrogen and oxygen atoms in total. The molecule has 4 rings (SSSR count). The average molecular weight is 474 g/mol. The lowest BCUT2D eigenvalue weighted by molar-refractivity contribution is 0.102. The first kappa shape index (κ1) is 22.1. The number of benzene rings is 2.